The molecule has 8 amide bonds. The first-order chi connectivity index (χ1) is 36.8. The summed E-state index contributed by atoms with van der Waals surface area (Å²) in [7, 11) is 7.14. The second-order valence-electron chi connectivity index (χ2n) is 24.4. The summed E-state index contributed by atoms with van der Waals surface area (Å²) in [5.74, 6) is -3.07. The Hall–Kier alpha value is -6.60. The Labute approximate surface area is 462 Å². The van der Waals surface area contributed by atoms with Crippen LogP contribution in [0.1, 0.15) is 136 Å². The average molecular weight is 1070 g/mol. The summed E-state index contributed by atoms with van der Waals surface area (Å²) in [5.41, 5.74) is 3.43. The first-order valence-corrected chi connectivity index (χ1v) is 27.8. The Balaban J connectivity index is 1.11. The van der Waals surface area contributed by atoms with Gasteiger partial charge in [0.15, 0.2) is 7.98 Å². The Morgan fingerprint density at radius 1 is 0.551 bits per heavy atom. The molecule has 0 spiro atoms. The van der Waals surface area contributed by atoms with E-state index in [2.05, 4.69) is 33.4 Å². The molecule has 2 heterocycles. The summed E-state index contributed by atoms with van der Waals surface area (Å²) >= 11 is 0. The standard InChI is InChI=1S/C59H83BN10O8/c1-36(65(9)10)50(71)63-48(58(3,4)5)56(77)69-32-30-67(34-46(69)52(73)61-44-24-16-20-38-18-12-14-22-42(38)44)54(75)40-26-28-41(29-27-40)55(76)68-31-33-70(57(78)49(59(6,7)8)64-51(72)37(2)66(11)60)47(35-68)53(74)62-45-25-17-21-39-19-13-15-23-43(39)45/h12-15,18-19,22-23,26-29,36-37,44-49H,16-17,20-21,24-25,30-35,60H2,1-11H3,(H,61,73)(H,62,74)(H,63,71)(H,64,72)/t36-,37-,44+,45+,46-,47-,48+,49+/m0/s1. The van der Waals surface area contributed by atoms with Crippen LogP contribution in [-0.2, 0) is 41.6 Å². The Morgan fingerprint density at radius 2 is 0.923 bits per heavy atom. The first-order valence-electron chi connectivity index (χ1n) is 27.8. The molecule has 78 heavy (non-hydrogen) atoms. The maximum absolute atomic E-state index is 14.8. The third-order valence-corrected chi connectivity index (χ3v) is 16.4. The van der Waals surface area contributed by atoms with E-state index in [-0.39, 0.29) is 74.3 Å². The van der Waals surface area contributed by atoms with Crippen molar-refractivity contribution >= 4 is 55.2 Å². The zero-order valence-corrected chi connectivity index (χ0v) is 48.0. The minimum atomic E-state index is -1.08. The number of nitrogens with one attached hydrogen (secondary N) is 4. The largest absolute Gasteiger partial charge is 0.347 e. The predicted octanol–water partition coefficient (Wildman–Crippen LogP) is 3.26. The molecule has 4 aliphatic rings. The van der Waals surface area contributed by atoms with Crippen molar-refractivity contribution in [2.45, 2.75) is 142 Å². The number of hydrogen-bond donors (Lipinski definition) is 4. The van der Waals surface area contributed by atoms with Crippen LogP contribution < -0.4 is 21.3 Å². The number of amides is 8. The van der Waals surface area contributed by atoms with E-state index in [1.165, 1.54) is 9.80 Å². The lowest BCUT2D eigenvalue weighted by Gasteiger charge is -2.44. The highest BCUT2D eigenvalue weighted by Crippen LogP contribution is 2.33. The van der Waals surface area contributed by atoms with Gasteiger partial charge in [-0.1, -0.05) is 90.1 Å². The molecule has 0 aromatic heterocycles. The van der Waals surface area contributed by atoms with Crippen LogP contribution in [0.3, 0.4) is 0 Å². The highest BCUT2D eigenvalue weighted by Gasteiger charge is 2.46. The highest BCUT2D eigenvalue weighted by molar-refractivity contribution is 6.07. The van der Waals surface area contributed by atoms with Crippen LogP contribution in [0.2, 0.25) is 0 Å². The van der Waals surface area contributed by atoms with Gasteiger partial charge in [0.05, 0.1) is 37.3 Å². The summed E-state index contributed by atoms with van der Waals surface area (Å²) in [6, 6.07) is 16.5. The van der Waals surface area contributed by atoms with Crippen LogP contribution in [0.5, 0.6) is 0 Å². The fourth-order valence-corrected chi connectivity index (χ4v) is 11.0. The van der Waals surface area contributed by atoms with Crippen molar-refractivity contribution in [2.24, 2.45) is 10.8 Å². The molecule has 3 aromatic rings. The summed E-state index contributed by atoms with van der Waals surface area (Å²) < 4.78 is 0. The molecule has 420 valence electrons. The molecule has 19 heteroatoms. The summed E-state index contributed by atoms with van der Waals surface area (Å²) in [6.07, 6.45) is 4.96. The zero-order valence-electron chi connectivity index (χ0n) is 48.0. The lowest BCUT2D eigenvalue weighted by Crippen LogP contribution is -2.66. The number of carbonyl (C=O) groups is 8. The van der Waals surface area contributed by atoms with E-state index in [1.54, 1.807) is 86.7 Å². The van der Waals surface area contributed by atoms with E-state index in [9.17, 15) is 38.4 Å². The summed E-state index contributed by atoms with van der Waals surface area (Å²) in [4.78, 5) is 124. The number of hydrogen-bond acceptors (Lipinski definition) is 10. The number of benzene rings is 3. The minimum absolute atomic E-state index is 0.0285. The number of piperazine rings is 2. The molecule has 0 bridgehead atoms. The number of fused-ring (bicyclic) bond motifs is 2. The van der Waals surface area contributed by atoms with Gasteiger partial charge in [0, 0.05) is 37.3 Å². The SMILES string of the molecule is BN(C)[C@@H](C)C(=O)N[C@H](C(=O)N1CCN(C(=O)c2ccc(C(=O)N3CCN(C(=O)[C@@H](NC(=O)[C@H](C)N(C)C)C(C)(C)C)[C@H](C(=O)N[C@@H]4CCCc5ccccc54)C3)cc2)C[C@H]1C(=O)N[C@@H]1CCCc2ccccc21)C(C)(C)C. The molecule has 2 saturated heterocycles. The molecule has 0 saturated carbocycles. The maximum atomic E-state index is 14.8. The highest BCUT2D eigenvalue weighted by atomic mass is 16.2. The van der Waals surface area contributed by atoms with E-state index >= 15 is 0 Å². The molecule has 18 nitrogen and oxygen atoms in total. The van der Waals surface area contributed by atoms with Gasteiger partial charge in [-0.15, -0.1) is 0 Å². The van der Waals surface area contributed by atoms with E-state index in [1.807, 2.05) is 77.9 Å². The molecule has 7 rings (SSSR count). The fourth-order valence-electron chi connectivity index (χ4n) is 11.0. The molecule has 2 aliphatic carbocycles. The lowest BCUT2D eigenvalue weighted by atomic mass is 9.84. The molecule has 2 fully saturated rings. The van der Waals surface area contributed by atoms with Crippen molar-refractivity contribution in [1.82, 2.24) is 50.6 Å². The van der Waals surface area contributed by atoms with E-state index in [4.69, 9.17) is 0 Å². The van der Waals surface area contributed by atoms with Gasteiger partial charge in [-0.05, 0) is 131 Å². The normalized spacial score (nSPS) is 21.3. The van der Waals surface area contributed by atoms with Gasteiger partial charge in [0.25, 0.3) is 11.8 Å². The average Bonchev–Trinajstić information content (AvgIpc) is 3.54. The van der Waals surface area contributed by atoms with Gasteiger partial charge in [0.2, 0.25) is 35.4 Å². The monoisotopic (exact) mass is 1070 g/mol. The van der Waals surface area contributed by atoms with Crippen LogP contribution in [-0.4, -0.2) is 181 Å². The third kappa shape index (κ3) is 13.4. The van der Waals surface area contributed by atoms with Crippen molar-refractivity contribution in [3.63, 3.8) is 0 Å². The Kier molecular flexibility index (Phi) is 18.6. The fraction of sp³-hybridized carbons (Fsp3) is 0.559. The maximum Gasteiger partial charge on any atom is 0.253 e. The number of aryl methyl sites for hydroxylation is 2. The Morgan fingerprint density at radius 3 is 1.28 bits per heavy atom. The first kappa shape index (κ1) is 59.1. The molecular weight excluding hydrogens is 988 g/mol. The number of carbonyl (C=O) groups excluding carboxylic acids is 8. The topological polar surface area (TPSA) is 204 Å². The van der Waals surface area contributed by atoms with Crippen LogP contribution in [0.25, 0.3) is 0 Å². The summed E-state index contributed by atoms with van der Waals surface area (Å²) in [6.45, 7) is 14.7. The van der Waals surface area contributed by atoms with Crippen molar-refractivity contribution in [2.75, 3.05) is 60.4 Å². The van der Waals surface area contributed by atoms with Gasteiger partial charge in [-0.25, -0.2) is 0 Å². The molecule has 0 unspecified atom stereocenters. The van der Waals surface area contributed by atoms with Gasteiger partial charge in [-0.3, -0.25) is 43.3 Å². The third-order valence-electron chi connectivity index (χ3n) is 16.4. The number of rotatable bonds is 14. The smallest absolute Gasteiger partial charge is 0.253 e. The molecule has 8 atom stereocenters. The van der Waals surface area contributed by atoms with Crippen molar-refractivity contribution in [3.8, 4) is 0 Å². The second-order valence-corrected chi connectivity index (χ2v) is 24.4. The quantitative estimate of drug-likeness (QED) is 0.174. The van der Waals surface area contributed by atoms with Crippen molar-refractivity contribution < 1.29 is 38.4 Å². The van der Waals surface area contributed by atoms with Crippen LogP contribution in [0, 0.1) is 10.8 Å². The minimum Gasteiger partial charge on any atom is -0.347 e. The van der Waals surface area contributed by atoms with E-state index in [0.717, 1.165) is 47.9 Å². The Bertz CT molecular complexity index is 2540. The van der Waals surface area contributed by atoms with Crippen LogP contribution >= 0.6 is 0 Å². The van der Waals surface area contributed by atoms with Gasteiger partial charge < -0.3 is 45.7 Å². The molecule has 3 aromatic carbocycles. The molecule has 4 N–H and O–H groups in total. The lowest BCUT2D eigenvalue weighted by molar-refractivity contribution is -0.149. The van der Waals surface area contributed by atoms with Crippen molar-refractivity contribution in [1.29, 1.82) is 0 Å². The van der Waals surface area contributed by atoms with Crippen LogP contribution in [0.15, 0.2) is 72.8 Å². The zero-order chi connectivity index (χ0) is 57.0. The second kappa shape index (κ2) is 24.6. The van der Waals surface area contributed by atoms with Gasteiger partial charge in [-0.2, -0.15) is 0 Å². The van der Waals surface area contributed by atoms with Gasteiger partial charge >= 0.3 is 0 Å². The molecular formula is C59H83BN10O8. The van der Waals surface area contributed by atoms with Gasteiger partial charge in [0.1, 0.15) is 24.2 Å². The number of nitrogens with zero attached hydrogens (tertiary/aromatic N) is 6. The van der Waals surface area contributed by atoms with Crippen LogP contribution in [0.4, 0.5) is 0 Å². The summed E-state index contributed by atoms with van der Waals surface area (Å²) in [5, 5.41) is 12.4. The van der Waals surface area contributed by atoms with E-state index < -0.39 is 82.5 Å². The van der Waals surface area contributed by atoms with Crippen molar-refractivity contribution in [3.05, 3.63) is 106 Å². The predicted molar refractivity (Wildman–Crippen MR) is 301 cm³/mol. The van der Waals surface area contributed by atoms with E-state index in [0.29, 0.717) is 12.8 Å². The molecule has 2 aliphatic heterocycles. The number of likely N-dealkylation sites (N-methyl/N-ethyl adjacent to an activating group) is 2. The molecule has 0 radical (unpaired) electrons.